The molecule has 1 aromatic heterocycles. The molecule has 0 spiro atoms. The summed E-state index contributed by atoms with van der Waals surface area (Å²) in [5.41, 5.74) is 2.25. The van der Waals surface area contributed by atoms with Gasteiger partial charge in [-0.3, -0.25) is 24.0 Å². The van der Waals surface area contributed by atoms with Crippen LogP contribution in [0, 0.1) is 11.3 Å². The normalized spacial score (nSPS) is 22.5. The van der Waals surface area contributed by atoms with Crippen molar-refractivity contribution in [2.24, 2.45) is 0 Å². The van der Waals surface area contributed by atoms with E-state index in [1.165, 1.54) is 0 Å². The van der Waals surface area contributed by atoms with Crippen LogP contribution in [0.2, 0.25) is 0 Å². The third kappa shape index (κ3) is 3.93. The fourth-order valence-corrected chi connectivity index (χ4v) is 4.69. The fourth-order valence-electron chi connectivity index (χ4n) is 4.69. The van der Waals surface area contributed by atoms with E-state index < -0.39 is 5.92 Å². The number of aromatic nitrogens is 2. The summed E-state index contributed by atoms with van der Waals surface area (Å²) in [6, 6.07) is 9.82. The number of fused-ring (bicyclic) bond motifs is 3. The summed E-state index contributed by atoms with van der Waals surface area (Å²) in [7, 11) is 0. The topological polar surface area (TPSA) is 94.7 Å². The van der Waals surface area contributed by atoms with Gasteiger partial charge < -0.3 is 9.64 Å². The second-order valence-corrected chi connectivity index (χ2v) is 8.46. The number of carbonyl (C=O) groups excluding carboxylic acids is 2. The molecule has 9 heteroatoms. The van der Waals surface area contributed by atoms with Gasteiger partial charge in [-0.2, -0.15) is 5.26 Å². The second kappa shape index (κ2) is 8.82. The molecular formula is C23H26N6O3. The minimum atomic E-state index is -0.541. The number of amides is 1. The molecule has 0 saturated carbocycles. The average Bonchev–Trinajstić information content (AvgIpc) is 3.21. The predicted molar refractivity (Wildman–Crippen MR) is 117 cm³/mol. The van der Waals surface area contributed by atoms with Gasteiger partial charge in [0.15, 0.2) is 0 Å². The number of morpholine rings is 1. The van der Waals surface area contributed by atoms with Gasteiger partial charge in [-0.05, 0) is 17.7 Å². The number of benzene rings is 1. The maximum Gasteiger partial charge on any atom is 0.256 e. The molecule has 1 amide bonds. The predicted octanol–water partition coefficient (Wildman–Crippen LogP) is 0.700. The van der Waals surface area contributed by atoms with Crippen LogP contribution in [0.15, 0.2) is 35.9 Å². The van der Waals surface area contributed by atoms with Crippen LogP contribution in [-0.2, 0) is 9.53 Å². The number of hydrogen-bond acceptors (Lipinski definition) is 7. The molecule has 32 heavy (non-hydrogen) atoms. The van der Waals surface area contributed by atoms with Crippen molar-refractivity contribution in [3.05, 3.63) is 41.7 Å². The van der Waals surface area contributed by atoms with Crippen LogP contribution < -0.4 is 0 Å². The van der Waals surface area contributed by atoms with E-state index in [1.807, 2.05) is 29.2 Å². The van der Waals surface area contributed by atoms with Crippen molar-refractivity contribution in [2.45, 2.75) is 5.92 Å². The van der Waals surface area contributed by atoms with E-state index in [0.29, 0.717) is 45.2 Å². The molecule has 4 heterocycles. The van der Waals surface area contributed by atoms with Crippen molar-refractivity contribution in [1.82, 2.24) is 24.3 Å². The molecule has 0 aliphatic carbocycles. The van der Waals surface area contributed by atoms with Crippen molar-refractivity contribution in [2.75, 3.05) is 65.6 Å². The van der Waals surface area contributed by atoms with Crippen molar-refractivity contribution in [1.29, 1.82) is 5.26 Å². The maximum atomic E-state index is 12.9. The lowest BCUT2D eigenvalue weighted by Gasteiger charge is -2.36. The van der Waals surface area contributed by atoms with Crippen LogP contribution >= 0.6 is 0 Å². The number of ether oxygens (including phenoxy) is 1. The molecule has 2 saturated heterocycles. The monoisotopic (exact) mass is 434 g/mol. The zero-order chi connectivity index (χ0) is 22.1. The van der Waals surface area contributed by atoms with Crippen molar-refractivity contribution < 1.29 is 14.3 Å². The summed E-state index contributed by atoms with van der Waals surface area (Å²) in [6.07, 6.45) is 1.60. The van der Waals surface area contributed by atoms with Crippen molar-refractivity contribution in [3.8, 4) is 6.07 Å². The molecule has 1 unspecified atom stereocenters. The van der Waals surface area contributed by atoms with Crippen LogP contribution in [0.4, 0.5) is 0 Å². The Morgan fingerprint density at radius 1 is 1.09 bits per heavy atom. The van der Waals surface area contributed by atoms with E-state index in [2.05, 4.69) is 20.9 Å². The number of rotatable bonds is 4. The van der Waals surface area contributed by atoms with Gasteiger partial charge in [-0.25, -0.2) is 4.98 Å². The van der Waals surface area contributed by atoms with Gasteiger partial charge >= 0.3 is 0 Å². The van der Waals surface area contributed by atoms with E-state index in [-0.39, 0.29) is 11.8 Å². The Morgan fingerprint density at radius 2 is 1.81 bits per heavy atom. The number of para-hydroxylation sites is 2. The molecule has 166 valence electrons. The molecule has 9 nitrogen and oxygen atoms in total. The first kappa shape index (κ1) is 20.8. The molecule has 1 aromatic carbocycles. The Labute approximate surface area is 186 Å². The van der Waals surface area contributed by atoms with Crippen LogP contribution in [0.5, 0.6) is 0 Å². The zero-order valence-corrected chi connectivity index (χ0v) is 17.9. The summed E-state index contributed by atoms with van der Waals surface area (Å²) in [5.74, 6) is -0.0253. The number of allylic oxidation sites excluding steroid dienone is 1. The molecule has 2 aromatic rings. The summed E-state index contributed by atoms with van der Waals surface area (Å²) >= 11 is 0. The first-order valence-electron chi connectivity index (χ1n) is 11.1. The second-order valence-electron chi connectivity index (χ2n) is 8.46. The van der Waals surface area contributed by atoms with E-state index in [4.69, 9.17) is 4.74 Å². The minimum Gasteiger partial charge on any atom is -0.378 e. The lowest BCUT2D eigenvalue weighted by Crippen LogP contribution is -2.52. The third-order valence-electron chi connectivity index (χ3n) is 6.47. The number of imidazole rings is 1. The SMILES string of the molecule is N#CC1C(CN2CCN(CC(=O)N3CCOCC3)CC2)=CC(=O)n2c1nc1ccccc12. The van der Waals surface area contributed by atoms with Gasteiger partial charge in [-0.15, -0.1) is 0 Å². The first-order chi connectivity index (χ1) is 15.6. The highest BCUT2D eigenvalue weighted by Crippen LogP contribution is 2.31. The molecule has 0 N–H and O–H groups in total. The number of hydrogen-bond donors (Lipinski definition) is 0. The van der Waals surface area contributed by atoms with Crippen LogP contribution in [0.25, 0.3) is 11.0 Å². The Balaban J connectivity index is 1.22. The summed E-state index contributed by atoms with van der Waals surface area (Å²) in [5, 5.41) is 9.88. The lowest BCUT2D eigenvalue weighted by molar-refractivity contribution is -0.136. The van der Waals surface area contributed by atoms with Crippen LogP contribution in [0.1, 0.15) is 16.5 Å². The van der Waals surface area contributed by atoms with Gasteiger partial charge in [0.2, 0.25) is 5.91 Å². The molecule has 3 aliphatic rings. The first-order valence-corrected chi connectivity index (χ1v) is 11.1. The van der Waals surface area contributed by atoms with E-state index in [0.717, 1.165) is 42.8 Å². The van der Waals surface area contributed by atoms with Gasteiger partial charge in [0.05, 0.1) is 36.9 Å². The number of carbonyl (C=O) groups is 2. The van der Waals surface area contributed by atoms with E-state index in [9.17, 15) is 14.9 Å². The quantitative estimate of drug-likeness (QED) is 0.699. The Kier molecular flexibility index (Phi) is 5.74. The molecule has 0 radical (unpaired) electrons. The van der Waals surface area contributed by atoms with Crippen LogP contribution in [0.3, 0.4) is 0 Å². The molecule has 0 bridgehead atoms. The summed E-state index contributed by atoms with van der Waals surface area (Å²) < 4.78 is 6.88. The number of nitrogens with zero attached hydrogens (tertiary/aromatic N) is 6. The van der Waals surface area contributed by atoms with E-state index in [1.54, 1.807) is 10.6 Å². The van der Waals surface area contributed by atoms with Gasteiger partial charge in [0, 0.05) is 51.9 Å². The molecule has 1 atom stereocenters. The number of nitriles is 1. The largest absolute Gasteiger partial charge is 0.378 e. The zero-order valence-electron chi connectivity index (χ0n) is 17.9. The van der Waals surface area contributed by atoms with Gasteiger partial charge in [0.1, 0.15) is 11.7 Å². The minimum absolute atomic E-state index is 0.148. The van der Waals surface area contributed by atoms with Gasteiger partial charge in [0.25, 0.3) is 5.91 Å². The van der Waals surface area contributed by atoms with Gasteiger partial charge in [-0.1, -0.05) is 12.1 Å². The Morgan fingerprint density at radius 3 is 2.56 bits per heavy atom. The average molecular weight is 435 g/mol. The number of piperazine rings is 1. The van der Waals surface area contributed by atoms with Crippen LogP contribution in [-0.4, -0.2) is 102 Å². The fraction of sp³-hybridized carbons (Fsp3) is 0.478. The molecule has 5 rings (SSSR count). The molecule has 2 fully saturated rings. The summed E-state index contributed by atoms with van der Waals surface area (Å²) in [6.45, 7) is 6.69. The standard InChI is InChI=1S/C23H26N6O3/c24-14-18-17(13-21(30)29-20-4-2-1-3-19(20)25-23(18)29)15-26-5-7-27(8-6-26)16-22(31)28-9-11-32-12-10-28/h1-4,13,18H,5-12,15-16H2. The van der Waals surface area contributed by atoms with E-state index >= 15 is 0 Å². The summed E-state index contributed by atoms with van der Waals surface area (Å²) in [4.78, 5) is 36.2. The third-order valence-corrected chi connectivity index (χ3v) is 6.47. The Hall–Kier alpha value is -3.06. The highest BCUT2D eigenvalue weighted by Gasteiger charge is 2.32. The molecule has 3 aliphatic heterocycles. The van der Waals surface area contributed by atoms with Crippen molar-refractivity contribution >= 4 is 22.8 Å². The highest BCUT2D eigenvalue weighted by atomic mass is 16.5. The lowest BCUT2D eigenvalue weighted by atomic mass is 9.95. The van der Waals surface area contributed by atoms with Crippen molar-refractivity contribution in [3.63, 3.8) is 0 Å². The Bertz CT molecular complexity index is 1100. The molecular weight excluding hydrogens is 408 g/mol. The smallest absolute Gasteiger partial charge is 0.256 e. The maximum absolute atomic E-state index is 12.9. The highest BCUT2D eigenvalue weighted by molar-refractivity contribution is 5.99.